The maximum absolute atomic E-state index is 13.4. The standard InChI is InChI=1S/C22H16BrNO3/c23-16-11-12-18-17(13-16)22(27,21(26)24-18)19(14-7-3-1-4-8-14)20(25)15-9-5-2-6-10-15/h1-13,19,27H,(H,24,26)/t19-,22+/m0/s1. The van der Waals surface area contributed by atoms with Gasteiger partial charge in [0.2, 0.25) is 0 Å². The lowest BCUT2D eigenvalue weighted by Gasteiger charge is -2.30. The highest BCUT2D eigenvalue weighted by Gasteiger charge is 2.54. The number of rotatable bonds is 4. The fraction of sp³-hybridized carbons (Fsp3) is 0.0909. The largest absolute Gasteiger partial charge is 0.374 e. The van der Waals surface area contributed by atoms with Crippen molar-refractivity contribution in [1.29, 1.82) is 0 Å². The van der Waals surface area contributed by atoms with E-state index in [-0.39, 0.29) is 5.78 Å². The first-order valence-corrected chi connectivity index (χ1v) is 9.29. The fourth-order valence-electron chi connectivity index (χ4n) is 3.56. The average molecular weight is 422 g/mol. The highest BCUT2D eigenvalue weighted by Crippen LogP contribution is 2.47. The van der Waals surface area contributed by atoms with Crippen LogP contribution >= 0.6 is 15.9 Å². The van der Waals surface area contributed by atoms with E-state index in [1.54, 1.807) is 66.7 Å². The third-order valence-corrected chi connectivity index (χ3v) is 5.35. The summed E-state index contributed by atoms with van der Waals surface area (Å²) in [5.74, 6) is -1.99. The Morgan fingerprint density at radius 2 is 1.59 bits per heavy atom. The molecule has 134 valence electrons. The number of hydrogen-bond acceptors (Lipinski definition) is 3. The first-order chi connectivity index (χ1) is 13.0. The molecule has 0 aliphatic carbocycles. The SMILES string of the molecule is O=C(c1ccccc1)[C@H](c1ccccc1)[C@@]1(O)C(=O)Nc2ccc(Br)cc21. The zero-order valence-corrected chi connectivity index (χ0v) is 15.8. The van der Waals surface area contributed by atoms with E-state index in [4.69, 9.17) is 0 Å². The Morgan fingerprint density at radius 3 is 2.26 bits per heavy atom. The van der Waals surface area contributed by atoms with E-state index < -0.39 is 17.4 Å². The highest BCUT2D eigenvalue weighted by atomic mass is 79.9. The van der Waals surface area contributed by atoms with Gasteiger partial charge in [-0.05, 0) is 23.8 Å². The van der Waals surface area contributed by atoms with E-state index in [0.29, 0.717) is 22.4 Å². The number of carbonyl (C=O) groups is 2. The lowest BCUT2D eigenvalue weighted by Crippen LogP contribution is -2.44. The Bertz CT molecular complexity index is 1020. The number of fused-ring (bicyclic) bond motifs is 1. The van der Waals surface area contributed by atoms with E-state index in [1.165, 1.54) is 0 Å². The van der Waals surface area contributed by atoms with Crippen LogP contribution in [0.25, 0.3) is 0 Å². The number of ketones is 1. The monoisotopic (exact) mass is 421 g/mol. The molecule has 1 heterocycles. The van der Waals surface area contributed by atoms with Crippen molar-refractivity contribution >= 4 is 33.3 Å². The van der Waals surface area contributed by atoms with Crippen LogP contribution in [0, 0.1) is 0 Å². The second kappa shape index (κ2) is 6.76. The first kappa shape index (κ1) is 17.6. The van der Waals surface area contributed by atoms with Crippen molar-refractivity contribution in [2.24, 2.45) is 0 Å². The van der Waals surface area contributed by atoms with Gasteiger partial charge in [-0.1, -0.05) is 76.6 Å². The number of benzene rings is 3. The maximum atomic E-state index is 13.4. The number of hydrogen-bond donors (Lipinski definition) is 2. The molecule has 3 aromatic carbocycles. The maximum Gasteiger partial charge on any atom is 0.262 e. The molecule has 0 aromatic heterocycles. The average Bonchev–Trinajstić information content (AvgIpc) is 2.94. The summed E-state index contributed by atoms with van der Waals surface area (Å²) in [7, 11) is 0. The number of halogens is 1. The molecule has 0 saturated carbocycles. The molecule has 2 atom stereocenters. The Labute approximate surface area is 165 Å². The summed E-state index contributed by atoms with van der Waals surface area (Å²) in [6.45, 7) is 0. The molecule has 3 aromatic rings. The number of carbonyl (C=O) groups excluding carboxylic acids is 2. The van der Waals surface area contributed by atoms with Crippen LogP contribution in [-0.2, 0) is 10.4 Å². The molecule has 0 radical (unpaired) electrons. The molecule has 0 unspecified atom stereocenters. The normalized spacial score (nSPS) is 19.3. The molecule has 0 saturated heterocycles. The van der Waals surface area contributed by atoms with Gasteiger partial charge in [0.1, 0.15) is 0 Å². The smallest absolute Gasteiger partial charge is 0.262 e. The van der Waals surface area contributed by atoms with Gasteiger partial charge >= 0.3 is 0 Å². The minimum atomic E-state index is -2.01. The molecule has 4 nitrogen and oxygen atoms in total. The molecule has 0 fully saturated rings. The van der Waals surface area contributed by atoms with Crippen molar-refractivity contribution in [3.63, 3.8) is 0 Å². The van der Waals surface area contributed by atoms with Crippen LogP contribution in [0.4, 0.5) is 5.69 Å². The van der Waals surface area contributed by atoms with Crippen LogP contribution in [0.5, 0.6) is 0 Å². The van der Waals surface area contributed by atoms with Crippen LogP contribution in [0.1, 0.15) is 27.4 Å². The third kappa shape index (κ3) is 2.89. The minimum absolute atomic E-state index is 0.313. The lowest BCUT2D eigenvalue weighted by atomic mass is 9.74. The van der Waals surface area contributed by atoms with Gasteiger partial charge in [-0.25, -0.2) is 0 Å². The number of aliphatic hydroxyl groups is 1. The molecule has 2 N–H and O–H groups in total. The van der Waals surface area contributed by atoms with Gasteiger partial charge in [0, 0.05) is 21.3 Å². The van der Waals surface area contributed by atoms with Gasteiger partial charge in [0.15, 0.2) is 11.4 Å². The van der Waals surface area contributed by atoms with Gasteiger partial charge in [0.25, 0.3) is 5.91 Å². The van der Waals surface area contributed by atoms with Crippen molar-refractivity contribution in [3.05, 3.63) is 100 Å². The Morgan fingerprint density at radius 1 is 0.963 bits per heavy atom. The van der Waals surface area contributed by atoms with Gasteiger partial charge in [-0.2, -0.15) is 0 Å². The summed E-state index contributed by atoms with van der Waals surface area (Å²) in [6, 6.07) is 22.8. The predicted molar refractivity (Wildman–Crippen MR) is 107 cm³/mol. The van der Waals surface area contributed by atoms with Gasteiger partial charge in [-0.15, -0.1) is 0 Å². The molecule has 27 heavy (non-hydrogen) atoms. The van der Waals surface area contributed by atoms with Crippen molar-refractivity contribution in [3.8, 4) is 0 Å². The summed E-state index contributed by atoms with van der Waals surface area (Å²) >= 11 is 3.39. The quantitative estimate of drug-likeness (QED) is 0.618. The number of nitrogens with one attached hydrogen (secondary N) is 1. The first-order valence-electron chi connectivity index (χ1n) is 8.50. The van der Waals surface area contributed by atoms with Gasteiger partial charge < -0.3 is 10.4 Å². The predicted octanol–water partition coefficient (Wildman–Crippen LogP) is 4.26. The molecule has 0 bridgehead atoms. The second-order valence-electron chi connectivity index (χ2n) is 6.48. The van der Waals surface area contributed by atoms with Crippen molar-refractivity contribution in [2.75, 3.05) is 5.32 Å². The van der Waals surface area contributed by atoms with E-state index in [9.17, 15) is 14.7 Å². The van der Waals surface area contributed by atoms with Crippen LogP contribution in [0.15, 0.2) is 83.3 Å². The zero-order valence-electron chi connectivity index (χ0n) is 14.2. The van der Waals surface area contributed by atoms with Crippen LogP contribution < -0.4 is 5.32 Å². The van der Waals surface area contributed by atoms with Crippen LogP contribution in [0.2, 0.25) is 0 Å². The van der Waals surface area contributed by atoms with Crippen molar-refractivity contribution in [2.45, 2.75) is 11.5 Å². The van der Waals surface area contributed by atoms with Crippen LogP contribution in [0.3, 0.4) is 0 Å². The van der Waals surface area contributed by atoms with Crippen molar-refractivity contribution < 1.29 is 14.7 Å². The third-order valence-electron chi connectivity index (χ3n) is 4.86. The zero-order chi connectivity index (χ0) is 19.0. The Kier molecular flexibility index (Phi) is 4.42. The number of Topliss-reactive ketones (excluding diaryl/α,β-unsaturated/α-hetero) is 1. The van der Waals surface area contributed by atoms with E-state index in [0.717, 1.165) is 4.47 Å². The van der Waals surface area contributed by atoms with E-state index >= 15 is 0 Å². The summed E-state index contributed by atoms with van der Waals surface area (Å²) in [4.78, 5) is 26.3. The number of amides is 1. The highest BCUT2D eigenvalue weighted by molar-refractivity contribution is 9.10. The van der Waals surface area contributed by atoms with Crippen molar-refractivity contribution in [1.82, 2.24) is 0 Å². The summed E-state index contributed by atoms with van der Waals surface area (Å²) in [6.07, 6.45) is 0. The molecule has 5 heteroatoms. The molecule has 1 aliphatic rings. The molecule has 0 spiro atoms. The second-order valence-corrected chi connectivity index (χ2v) is 7.40. The summed E-state index contributed by atoms with van der Waals surface area (Å²) < 4.78 is 0.718. The molecular formula is C22H16BrNO3. The topological polar surface area (TPSA) is 66.4 Å². The van der Waals surface area contributed by atoms with Crippen LogP contribution in [-0.4, -0.2) is 16.8 Å². The van der Waals surface area contributed by atoms with Gasteiger partial charge in [0.05, 0.1) is 5.92 Å². The molecule has 1 aliphatic heterocycles. The molecule has 4 rings (SSSR count). The summed E-state index contributed by atoms with van der Waals surface area (Å²) in [5, 5.41) is 14.3. The number of anilines is 1. The fourth-order valence-corrected chi connectivity index (χ4v) is 3.93. The van der Waals surface area contributed by atoms with E-state index in [1.807, 2.05) is 12.1 Å². The van der Waals surface area contributed by atoms with E-state index in [2.05, 4.69) is 21.2 Å². The Balaban J connectivity index is 1.93. The molecule has 1 amide bonds. The van der Waals surface area contributed by atoms with Gasteiger partial charge in [-0.3, -0.25) is 9.59 Å². The summed E-state index contributed by atoms with van der Waals surface area (Å²) in [5.41, 5.74) is -0.0896. The Hall–Kier alpha value is -2.76. The minimum Gasteiger partial charge on any atom is -0.374 e. The lowest BCUT2D eigenvalue weighted by molar-refractivity contribution is -0.135. The molecular weight excluding hydrogens is 406 g/mol.